The number of pyridine rings is 1. The minimum Gasteiger partial charge on any atom is -0.343 e. The molecule has 3 rings (SSSR count). The number of hydrogen-bond donors (Lipinski definition) is 0. The van der Waals surface area contributed by atoms with Crippen LogP contribution in [0.5, 0.6) is 0 Å². The quantitative estimate of drug-likeness (QED) is 0.780. The third-order valence-corrected chi connectivity index (χ3v) is 4.98. The average molecular weight is 315 g/mol. The van der Waals surface area contributed by atoms with Crippen LogP contribution in [0.3, 0.4) is 0 Å². The Bertz CT molecular complexity index is 532. The maximum absolute atomic E-state index is 12.4. The Labute approximate surface area is 137 Å². The number of piperidine rings is 1. The van der Waals surface area contributed by atoms with E-state index in [1.165, 1.54) is 12.8 Å². The van der Waals surface area contributed by atoms with Gasteiger partial charge in [-0.05, 0) is 50.9 Å². The molecule has 0 N–H and O–H groups in total. The summed E-state index contributed by atoms with van der Waals surface area (Å²) in [6.45, 7) is 4.54. The molecule has 2 saturated heterocycles. The number of nitrogens with zero attached hydrogens (tertiary/aromatic N) is 3. The van der Waals surface area contributed by atoms with Crippen molar-refractivity contribution in [1.29, 1.82) is 0 Å². The third kappa shape index (κ3) is 4.16. The number of rotatable bonds is 5. The molecular weight excluding hydrogens is 290 g/mol. The van der Waals surface area contributed by atoms with Gasteiger partial charge in [0.05, 0.1) is 0 Å². The second kappa shape index (κ2) is 7.68. The number of carbonyl (C=O) groups is 2. The van der Waals surface area contributed by atoms with Crippen LogP contribution >= 0.6 is 0 Å². The van der Waals surface area contributed by atoms with Gasteiger partial charge in [0.1, 0.15) is 5.69 Å². The predicted octanol–water partition coefficient (Wildman–Crippen LogP) is 1.99. The van der Waals surface area contributed by atoms with Gasteiger partial charge < -0.3 is 9.80 Å². The highest BCUT2D eigenvalue weighted by molar-refractivity contribution is 5.96. The normalized spacial score (nSPS) is 19.9. The van der Waals surface area contributed by atoms with Crippen LogP contribution in [0, 0.1) is 5.92 Å². The first-order valence-electron chi connectivity index (χ1n) is 8.69. The number of aromatic nitrogens is 1. The highest BCUT2D eigenvalue weighted by Gasteiger charge is 2.28. The van der Waals surface area contributed by atoms with Crippen molar-refractivity contribution in [2.24, 2.45) is 5.92 Å². The fourth-order valence-corrected chi connectivity index (χ4v) is 3.53. The van der Waals surface area contributed by atoms with Gasteiger partial charge in [0.2, 0.25) is 5.91 Å². The maximum Gasteiger partial charge on any atom is 0.223 e. The molecule has 3 heterocycles. The van der Waals surface area contributed by atoms with Crippen molar-refractivity contribution in [3.63, 3.8) is 0 Å². The fraction of sp³-hybridized carbons (Fsp3) is 0.611. The van der Waals surface area contributed by atoms with Crippen LogP contribution in [0.2, 0.25) is 0 Å². The predicted molar refractivity (Wildman–Crippen MR) is 88.2 cm³/mol. The molecule has 1 aromatic heterocycles. The van der Waals surface area contributed by atoms with Crippen molar-refractivity contribution in [2.75, 3.05) is 32.7 Å². The molecular formula is C18H25N3O2. The largest absolute Gasteiger partial charge is 0.343 e. The molecule has 0 atom stereocenters. The molecule has 1 amide bonds. The molecule has 5 nitrogen and oxygen atoms in total. The highest BCUT2D eigenvalue weighted by Crippen LogP contribution is 2.21. The van der Waals surface area contributed by atoms with Crippen molar-refractivity contribution in [2.45, 2.75) is 32.1 Å². The first kappa shape index (κ1) is 16.1. The number of Topliss-reactive ketones (excluding diaryl/α,β-unsaturated/α-hetero) is 1. The Morgan fingerprint density at radius 3 is 2.48 bits per heavy atom. The minimum absolute atomic E-state index is 0.00697. The van der Waals surface area contributed by atoms with Crippen molar-refractivity contribution in [3.05, 3.63) is 30.1 Å². The van der Waals surface area contributed by atoms with E-state index in [2.05, 4.69) is 9.88 Å². The summed E-state index contributed by atoms with van der Waals surface area (Å²) in [5.41, 5.74) is 0.548. The van der Waals surface area contributed by atoms with Crippen LogP contribution in [0.15, 0.2) is 24.4 Å². The first-order valence-corrected chi connectivity index (χ1v) is 8.69. The topological polar surface area (TPSA) is 53.5 Å². The molecule has 23 heavy (non-hydrogen) atoms. The van der Waals surface area contributed by atoms with E-state index in [-0.39, 0.29) is 17.6 Å². The number of likely N-dealkylation sites (tertiary alicyclic amines) is 2. The lowest BCUT2D eigenvalue weighted by molar-refractivity contribution is -0.132. The van der Waals surface area contributed by atoms with E-state index in [1.807, 2.05) is 17.0 Å². The lowest BCUT2D eigenvalue weighted by Gasteiger charge is -2.31. The van der Waals surface area contributed by atoms with Crippen LogP contribution in [0.25, 0.3) is 0 Å². The van der Waals surface area contributed by atoms with Crippen LogP contribution in [-0.4, -0.2) is 59.2 Å². The van der Waals surface area contributed by atoms with Crippen LogP contribution < -0.4 is 0 Å². The van der Waals surface area contributed by atoms with Gasteiger partial charge in [0.25, 0.3) is 0 Å². The highest BCUT2D eigenvalue weighted by atomic mass is 16.2. The Hall–Kier alpha value is -1.75. The van der Waals surface area contributed by atoms with E-state index in [9.17, 15) is 9.59 Å². The third-order valence-electron chi connectivity index (χ3n) is 4.98. The molecule has 0 aromatic carbocycles. The summed E-state index contributed by atoms with van der Waals surface area (Å²) >= 11 is 0. The summed E-state index contributed by atoms with van der Waals surface area (Å²) in [6.07, 6.45) is 6.29. The maximum atomic E-state index is 12.4. The molecule has 0 saturated carbocycles. The smallest absolute Gasteiger partial charge is 0.223 e. The van der Waals surface area contributed by atoms with Gasteiger partial charge in [-0.2, -0.15) is 0 Å². The minimum atomic E-state index is 0.00697. The summed E-state index contributed by atoms with van der Waals surface area (Å²) in [5, 5.41) is 0. The monoisotopic (exact) mass is 315 g/mol. The molecule has 1 aromatic rings. The van der Waals surface area contributed by atoms with E-state index in [0.717, 1.165) is 32.5 Å². The molecule has 124 valence electrons. The van der Waals surface area contributed by atoms with Gasteiger partial charge >= 0.3 is 0 Å². The zero-order valence-corrected chi connectivity index (χ0v) is 13.6. The Kier molecular flexibility index (Phi) is 5.39. The molecule has 0 spiro atoms. The molecule has 2 fully saturated rings. The number of ketones is 1. The van der Waals surface area contributed by atoms with Crippen molar-refractivity contribution in [3.8, 4) is 0 Å². The second-order valence-corrected chi connectivity index (χ2v) is 6.53. The summed E-state index contributed by atoms with van der Waals surface area (Å²) in [5.74, 6) is 0.364. The van der Waals surface area contributed by atoms with Crippen molar-refractivity contribution < 1.29 is 9.59 Å². The summed E-state index contributed by atoms with van der Waals surface area (Å²) in [6, 6.07) is 5.44. The van der Waals surface area contributed by atoms with Crippen molar-refractivity contribution >= 4 is 11.7 Å². The van der Waals surface area contributed by atoms with Gasteiger partial charge in [0, 0.05) is 38.2 Å². The molecule has 0 bridgehead atoms. The zero-order valence-electron chi connectivity index (χ0n) is 13.6. The first-order chi connectivity index (χ1) is 11.2. The van der Waals surface area contributed by atoms with E-state index < -0.39 is 0 Å². The second-order valence-electron chi connectivity index (χ2n) is 6.53. The Morgan fingerprint density at radius 2 is 1.83 bits per heavy atom. The molecule has 5 heteroatoms. The average Bonchev–Trinajstić information content (AvgIpc) is 3.13. The Balaban J connectivity index is 1.44. The summed E-state index contributed by atoms with van der Waals surface area (Å²) < 4.78 is 0. The standard InChI is InChI=1S/C18H25N3O2/c22-17(8-12-20-10-3-4-11-20)21-13-6-15(7-14-21)18(23)16-5-1-2-9-19-16/h1-2,5,9,15H,3-4,6-8,10-14H2. The molecule has 0 radical (unpaired) electrons. The Morgan fingerprint density at radius 1 is 1.09 bits per heavy atom. The van der Waals surface area contributed by atoms with E-state index in [4.69, 9.17) is 0 Å². The number of carbonyl (C=O) groups excluding carboxylic acids is 2. The number of amides is 1. The summed E-state index contributed by atoms with van der Waals surface area (Å²) in [7, 11) is 0. The summed E-state index contributed by atoms with van der Waals surface area (Å²) in [4.78, 5) is 33.2. The van der Waals surface area contributed by atoms with Gasteiger partial charge in [-0.3, -0.25) is 14.6 Å². The van der Waals surface area contributed by atoms with Gasteiger partial charge in [-0.25, -0.2) is 0 Å². The van der Waals surface area contributed by atoms with Gasteiger partial charge in [-0.1, -0.05) is 6.07 Å². The van der Waals surface area contributed by atoms with Crippen LogP contribution in [0.1, 0.15) is 42.6 Å². The zero-order chi connectivity index (χ0) is 16.1. The van der Waals surface area contributed by atoms with Crippen LogP contribution in [0.4, 0.5) is 0 Å². The van der Waals surface area contributed by atoms with Gasteiger partial charge in [0.15, 0.2) is 5.78 Å². The fourth-order valence-electron chi connectivity index (χ4n) is 3.53. The SMILES string of the molecule is O=C(c1ccccn1)C1CCN(C(=O)CCN2CCCC2)CC1. The lowest BCUT2D eigenvalue weighted by atomic mass is 9.90. The van der Waals surface area contributed by atoms with Crippen molar-refractivity contribution in [1.82, 2.24) is 14.8 Å². The molecule has 2 aliphatic heterocycles. The molecule has 0 unspecified atom stereocenters. The molecule has 2 aliphatic rings. The van der Waals surface area contributed by atoms with Crippen LogP contribution in [-0.2, 0) is 4.79 Å². The number of hydrogen-bond acceptors (Lipinski definition) is 4. The van der Waals surface area contributed by atoms with E-state index in [1.54, 1.807) is 12.3 Å². The van der Waals surface area contributed by atoms with E-state index in [0.29, 0.717) is 25.2 Å². The van der Waals surface area contributed by atoms with Gasteiger partial charge in [-0.15, -0.1) is 0 Å². The van der Waals surface area contributed by atoms with E-state index >= 15 is 0 Å². The lowest BCUT2D eigenvalue weighted by Crippen LogP contribution is -2.41. The molecule has 0 aliphatic carbocycles.